The van der Waals surface area contributed by atoms with Crippen molar-refractivity contribution >= 4 is 11.8 Å². The lowest BCUT2D eigenvalue weighted by Gasteiger charge is -2.43. The molecule has 3 atom stereocenters. The molecule has 0 bridgehead atoms. The van der Waals surface area contributed by atoms with E-state index in [1.165, 1.54) is 30.0 Å². The third-order valence-corrected chi connectivity index (χ3v) is 5.59. The summed E-state index contributed by atoms with van der Waals surface area (Å²) < 4.78 is 0. The smallest absolute Gasteiger partial charge is 0.0236 e. The average Bonchev–Trinajstić information content (AvgIpc) is 2.53. The van der Waals surface area contributed by atoms with Crippen molar-refractivity contribution < 1.29 is 0 Å². The van der Waals surface area contributed by atoms with Gasteiger partial charge >= 0.3 is 0 Å². The van der Waals surface area contributed by atoms with Gasteiger partial charge in [-0.25, -0.2) is 0 Å². The van der Waals surface area contributed by atoms with Gasteiger partial charge in [0.15, 0.2) is 0 Å². The van der Waals surface area contributed by atoms with E-state index in [-0.39, 0.29) is 0 Å². The van der Waals surface area contributed by atoms with Crippen molar-refractivity contribution in [3.8, 4) is 0 Å². The van der Waals surface area contributed by atoms with Crippen molar-refractivity contribution in [3.05, 3.63) is 35.9 Å². The van der Waals surface area contributed by atoms with E-state index in [0.29, 0.717) is 18.1 Å². The molecule has 0 aromatic heterocycles. The van der Waals surface area contributed by atoms with Gasteiger partial charge in [-0.05, 0) is 31.1 Å². The van der Waals surface area contributed by atoms with Crippen LogP contribution in [0.4, 0.5) is 0 Å². The third-order valence-electron chi connectivity index (χ3n) is 4.47. The Morgan fingerprint density at radius 1 is 1.29 bits per heavy atom. The first kappa shape index (κ1) is 16.9. The van der Waals surface area contributed by atoms with Crippen LogP contribution < -0.4 is 5.32 Å². The molecular formula is C18H30N2S. The van der Waals surface area contributed by atoms with Gasteiger partial charge in [0.25, 0.3) is 0 Å². The second-order valence-electron chi connectivity index (χ2n) is 6.06. The van der Waals surface area contributed by atoms with Crippen LogP contribution in [0.1, 0.15) is 32.8 Å². The van der Waals surface area contributed by atoms with Crippen molar-refractivity contribution in [2.24, 2.45) is 0 Å². The lowest BCUT2D eigenvalue weighted by Crippen LogP contribution is -2.59. The summed E-state index contributed by atoms with van der Waals surface area (Å²) in [5, 5.41) is 3.76. The van der Waals surface area contributed by atoms with Gasteiger partial charge in [0.1, 0.15) is 0 Å². The van der Waals surface area contributed by atoms with Crippen LogP contribution in [0.2, 0.25) is 0 Å². The van der Waals surface area contributed by atoms with E-state index >= 15 is 0 Å². The molecule has 1 aromatic rings. The highest BCUT2D eigenvalue weighted by atomic mass is 32.2. The SMILES string of the molecule is CCSCC(C)N1CC(Cc2ccccc2)NCC1CC. The van der Waals surface area contributed by atoms with Gasteiger partial charge in [-0.2, -0.15) is 11.8 Å². The van der Waals surface area contributed by atoms with E-state index in [1.807, 2.05) is 0 Å². The van der Waals surface area contributed by atoms with Gasteiger partial charge in [-0.1, -0.05) is 44.2 Å². The molecule has 0 aliphatic carbocycles. The van der Waals surface area contributed by atoms with Crippen molar-refractivity contribution in [2.75, 3.05) is 24.6 Å². The summed E-state index contributed by atoms with van der Waals surface area (Å²) in [5.41, 5.74) is 1.44. The molecule has 0 saturated carbocycles. The molecule has 1 fully saturated rings. The Morgan fingerprint density at radius 3 is 2.71 bits per heavy atom. The van der Waals surface area contributed by atoms with Gasteiger partial charge in [-0.3, -0.25) is 4.90 Å². The van der Waals surface area contributed by atoms with E-state index in [1.54, 1.807) is 0 Å². The Labute approximate surface area is 134 Å². The second kappa shape index (κ2) is 8.82. The normalized spacial score (nSPS) is 24.9. The first-order valence-corrected chi connectivity index (χ1v) is 9.50. The molecule has 1 aliphatic rings. The molecule has 1 aliphatic heterocycles. The fourth-order valence-electron chi connectivity index (χ4n) is 3.23. The average molecular weight is 307 g/mol. The quantitative estimate of drug-likeness (QED) is 0.831. The van der Waals surface area contributed by atoms with Crippen LogP contribution >= 0.6 is 11.8 Å². The van der Waals surface area contributed by atoms with Crippen molar-refractivity contribution in [1.82, 2.24) is 10.2 Å². The lowest BCUT2D eigenvalue weighted by molar-refractivity contribution is 0.0959. The van der Waals surface area contributed by atoms with Crippen LogP contribution in [-0.2, 0) is 6.42 Å². The van der Waals surface area contributed by atoms with E-state index in [2.05, 4.69) is 73.1 Å². The molecule has 21 heavy (non-hydrogen) atoms. The molecular weight excluding hydrogens is 276 g/mol. The van der Waals surface area contributed by atoms with Crippen molar-refractivity contribution in [1.29, 1.82) is 0 Å². The predicted molar refractivity (Wildman–Crippen MR) is 95.2 cm³/mol. The summed E-state index contributed by atoms with van der Waals surface area (Å²) in [6, 6.07) is 12.8. The van der Waals surface area contributed by atoms with E-state index in [4.69, 9.17) is 0 Å². The number of rotatable bonds is 7. The Bertz CT molecular complexity index is 395. The van der Waals surface area contributed by atoms with Gasteiger partial charge < -0.3 is 5.32 Å². The number of nitrogens with one attached hydrogen (secondary N) is 1. The highest BCUT2D eigenvalue weighted by Crippen LogP contribution is 2.19. The molecule has 0 spiro atoms. The zero-order valence-electron chi connectivity index (χ0n) is 13.7. The number of nitrogens with zero attached hydrogens (tertiary/aromatic N) is 1. The Morgan fingerprint density at radius 2 is 2.05 bits per heavy atom. The molecule has 0 radical (unpaired) electrons. The first-order chi connectivity index (χ1) is 10.2. The molecule has 2 rings (SSSR count). The van der Waals surface area contributed by atoms with Crippen LogP contribution in [0.15, 0.2) is 30.3 Å². The highest BCUT2D eigenvalue weighted by molar-refractivity contribution is 7.99. The molecule has 0 amide bonds. The van der Waals surface area contributed by atoms with E-state index in [9.17, 15) is 0 Å². The molecule has 3 heteroatoms. The maximum atomic E-state index is 3.76. The standard InChI is InChI=1S/C18H30N2S/c1-4-18-12-19-17(11-16-9-7-6-8-10-16)13-20(18)15(3)14-21-5-2/h6-10,15,17-19H,4-5,11-14H2,1-3H3. The molecule has 118 valence electrons. The Kier molecular flexibility index (Phi) is 7.08. The number of benzene rings is 1. The predicted octanol–water partition coefficient (Wildman–Crippen LogP) is 3.42. The number of hydrogen-bond donors (Lipinski definition) is 1. The fraction of sp³-hybridized carbons (Fsp3) is 0.667. The van der Waals surface area contributed by atoms with Gasteiger partial charge in [0.2, 0.25) is 0 Å². The second-order valence-corrected chi connectivity index (χ2v) is 7.38. The lowest BCUT2D eigenvalue weighted by atomic mass is 9.99. The minimum atomic E-state index is 0.587. The van der Waals surface area contributed by atoms with Crippen LogP contribution in [0.25, 0.3) is 0 Å². The minimum absolute atomic E-state index is 0.587. The molecule has 3 unspecified atom stereocenters. The van der Waals surface area contributed by atoms with E-state index < -0.39 is 0 Å². The summed E-state index contributed by atoms with van der Waals surface area (Å²) in [5.74, 6) is 2.48. The monoisotopic (exact) mass is 306 g/mol. The topological polar surface area (TPSA) is 15.3 Å². The number of hydrogen-bond acceptors (Lipinski definition) is 3. The summed E-state index contributed by atoms with van der Waals surface area (Å²) in [6.07, 6.45) is 2.38. The maximum Gasteiger partial charge on any atom is 0.0236 e. The maximum absolute atomic E-state index is 3.76. The molecule has 1 saturated heterocycles. The summed E-state index contributed by atoms with van der Waals surface area (Å²) in [4.78, 5) is 2.74. The van der Waals surface area contributed by atoms with Gasteiger partial charge in [-0.15, -0.1) is 0 Å². The van der Waals surface area contributed by atoms with Crippen LogP contribution in [0.5, 0.6) is 0 Å². The minimum Gasteiger partial charge on any atom is -0.311 e. The van der Waals surface area contributed by atoms with Gasteiger partial charge in [0, 0.05) is 37.0 Å². The fourth-order valence-corrected chi connectivity index (χ4v) is 3.99. The third kappa shape index (κ3) is 5.01. The van der Waals surface area contributed by atoms with Crippen LogP contribution in [-0.4, -0.2) is 47.6 Å². The van der Waals surface area contributed by atoms with Crippen LogP contribution in [0, 0.1) is 0 Å². The van der Waals surface area contributed by atoms with Gasteiger partial charge in [0.05, 0.1) is 0 Å². The molecule has 1 N–H and O–H groups in total. The largest absolute Gasteiger partial charge is 0.311 e. The van der Waals surface area contributed by atoms with Crippen molar-refractivity contribution in [2.45, 2.75) is 51.7 Å². The van der Waals surface area contributed by atoms with Crippen molar-refractivity contribution in [3.63, 3.8) is 0 Å². The number of thioether (sulfide) groups is 1. The zero-order chi connectivity index (χ0) is 15.1. The first-order valence-electron chi connectivity index (χ1n) is 8.35. The Balaban J connectivity index is 1.94. The highest BCUT2D eigenvalue weighted by Gasteiger charge is 2.29. The van der Waals surface area contributed by atoms with E-state index in [0.717, 1.165) is 13.0 Å². The summed E-state index contributed by atoms with van der Waals surface area (Å²) in [7, 11) is 0. The summed E-state index contributed by atoms with van der Waals surface area (Å²) >= 11 is 2.07. The number of piperazine rings is 1. The zero-order valence-corrected chi connectivity index (χ0v) is 14.5. The summed E-state index contributed by atoms with van der Waals surface area (Å²) in [6.45, 7) is 9.28. The Hall–Kier alpha value is -0.510. The molecule has 1 heterocycles. The molecule has 1 aromatic carbocycles. The van der Waals surface area contributed by atoms with Crippen LogP contribution in [0.3, 0.4) is 0 Å². The molecule has 2 nitrogen and oxygen atoms in total.